The van der Waals surface area contributed by atoms with Crippen molar-refractivity contribution in [1.82, 2.24) is 9.80 Å². The van der Waals surface area contributed by atoms with E-state index in [-0.39, 0.29) is 11.8 Å². The molecule has 0 aromatic heterocycles. The third-order valence-electron chi connectivity index (χ3n) is 6.05. The SMILES string of the molecule is CCc1cccc(CC)c1NC(=O)CN1CCN(C(=O)CCCc2ccccc2)CC1. The van der Waals surface area contributed by atoms with Crippen molar-refractivity contribution in [2.45, 2.75) is 46.0 Å². The van der Waals surface area contributed by atoms with Gasteiger partial charge < -0.3 is 10.2 Å². The quantitative estimate of drug-likeness (QED) is 0.668. The smallest absolute Gasteiger partial charge is 0.238 e. The summed E-state index contributed by atoms with van der Waals surface area (Å²) < 4.78 is 0. The van der Waals surface area contributed by atoms with E-state index in [9.17, 15) is 9.59 Å². The molecule has 2 amide bonds. The highest BCUT2D eigenvalue weighted by Crippen LogP contribution is 2.22. The summed E-state index contributed by atoms with van der Waals surface area (Å²) in [5, 5.41) is 3.14. The van der Waals surface area contributed by atoms with E-state index in [0.29, 0.717) is 26.1 Å². The van der Waals surface area contributed by atoms with Crippen molar-refractivity contribution < 1.29 is 9.59 Å². The number of aryl methyl sites for hydroxylation is 3. The number of carbonyl (C=O) groups excluding carboxylic acids is 2. The molecule has 1 heterocycles. The van der Waals surface area contributed by atoms with E-state index >= 15 is 0 Å². The van der Waals surface area contributed by atoms with Gasteiger partial charge in [-0.15, -0.1) is 0 Å². The largest absolute Gasteiger partial charge is 0.340 e. The monoisotopic (exact) mass is 421 g/mol. The van der Waals surface area contributed by atoms with Crippen LogP contribution < -0.4 is 5.32 Å². The van der Waals surface area contributed by atoms with E-state index in [0.717, 1.165) is 44.5 Å². The van der Waals surface area contributed by atoms with Crippen LogP contribution in [0.25, 0.3) is 0 Å². The molecule has 2 aromatic rings. The predicted molar refractivity (Wildman–Crippen MR) is 126 cm³/mol. The molecule has 2 aromatic carbocycles. The summed E-state index contributed by atoms with van der Waals surface area (Å²) in [6.45, 7) is 7.48. The summed E-state index contributed by atoms with van der Waals surface area (Å²) in [6.07, 6.45) is 4.19. The molecule has 0 atom stereocenters. The summed E-state index contributed by atoms with van der Waals surface area (Å²) in [4.78, 5) is 29.3. The molecule has 1 aliphatic rings. The standard InChI is InChI=1S/C26H35N3O2/c1-3-22-13-9-14-23(4-2)26(22)27-24(30)20-28-16-18-29(19-17-28)25(31)15-8-12-21-10-6-5-7-11-21/h5-7,9-11,13-14H,3-4,8,12,15-20H2,1-2H3,(H,27,30). The number of benzene rings is 2. The molecule has 3 rings (SSSR count). The lowest BCUT2D eigenvalue weighted by molar-refractivity contribution is -0.133. The molecular weight excluding hydrogens is 386 g/mol. The van der Waals surface area contributed by atoms with Crippen molar-refractivity contribution in [3.05, 3.63) is 65.2 Å². The summed E-state index contributed by atoms with van der Waals surface area (Å²) in [7, 11) is 0. The maximum Gasteiger partial charge on any atom is 0.238 e. The first-order valence-corrected chi connectivity index (χ1v) is 11.5. The van der Waals surface area contributed by atoms with Gasteiger partial charge in [-0.1, -0.05) is 62.4 Å². The highest BCUT2D eigenvalue weighted by Gasteiger charge is 2.22. The van der Waals surface area contributed by atoms with Crippen LogP contribution in [0.5, 0.6) is 0 Å². The second-order valence-corrected chi connectivity index (χ2v) is 8.20. The van der Waals surface area contributed by atoms with Crippen molar-refractivity contribution in [3.8, 4) is 0 Å². The van der Waals surface area contributed by atoms with Gasteiger partial charge in [0.15, 0.2) is 0 Å². The normalized spacial score (nSPS) is 14.5. The molecule has 5 nitrogen and oxygen atoms in total. The predicted octanol–water partition coefficient (Wildman–Crippen LogP) is 3.92. The van der Waals surface area contributed by atoms with Crippen LogP contribution in [0.2, 0.25) is 0 Å². The number of anilines is 1. The van der Waals surface area contributed by atoms with Crippen LogP contribution in [0.3, 0.4) is 0 Å². The molecule has 1 aliphatic heterocycles. The summed E-state index contributed by atoms with van der Waals surface area (Å²) in [6, 6.07) is 16.5. The Morgan fingerprint density at radius 3 is 2.13 bits per heavy atom. The minimum Gasteiger partial charge on any atom is -0.340 e. The third-order valence-corrected chi connectivity index (χ3v) is 6.05. The van der Waals surface area contributed by atoms with E-state index in [4.69, 9.17) is 0 Å². The van der Waals surface area contributed by atoms with E-state index in [2.05, 4.69) is 54.4 Å². The molecule has 0 radical (unpaired) electrons. The lowest BCUT2D eigenvalue weighted by atomic mass is 10.0. The van der Waals surface area contributed by atoms with Crippen molar-refractivity contribution in [2.75, 3.05) is 38.0 Å². The second-order valence-electron chi connectivity index (χ2n) is 8.20. The zero-order valence-corrected chi connectivity index (χ0v) is 18.9. The number of carbonyl (C=O) groups is 2. The first kappa shape index (κ1) is 23.0. The Kier molecular flexibility index (Phi) is 8.65. The van der Waals surface area contributed by atoms with Gasteiger partial charge in [-0.3, -0.25) is 14.5 Å². The highest BCUT2D eigenvalue weighted by molar-refractivity contribution is 5.94. The van der Waals surface area contributed by atoms with Gasteiger partial charge in [0.1, 0.15) is 0 Å². The Morgan fingerprint density at radius 2 is 1.52 bits per heavy atom. The van der Waals surface area contributed by atoms with E-state index in [1.54, 1.807) is 0 Å². The van der Waals surface area contributed by atoms with Crippen LogP contribution in [0.15, 0.2) is 48.5 Å². The maximum absolute atomic E-state index is 12.7. The van der Waals surface area contributed by atoms with Crippen LogP contribution in [-0.2, 0) is 28.9 Å². The summed E-state index contributed by atoms with van der Waals surface area (Å²) in [5.41, 5.74) is 4.61. The Balaban J connectivity index is 1.42. The Morgan fingerprint density at radius 1 is 0.871 bits per heavy atom. The van der Waals surface area contributed by atoms with Gasteiger partial charge in [-0.2, -0.15) is 0 Å². The van der Waals surface area contributed by atoms with Gasteiger partial charge in [0.2, 0.25) is 11.8 Å². The number of piperazine rings is 1. The van der Waals surface area contributed by atoms with E-state index in [1.807, 2.05) is 23.1 Å². The fraction of sp³-hybridized carbons (Fsp3) is 0.462. The Labute approximate surface area is 186 Å². The minimum atomic E-state index is 0.0261. The fourth-order valence-corrected chi connectivity index (χ4v) is 4.19. The molecule has 1 fully saturated rings. The number of amides is 2. The average molecular weight is 422 g/mol. The molecule has 0 saturated carbocycles. The lowest BCUT2D eigenvalue weighted by Gasteiger charge is -2.34. The molecule has 166 valence electrons. The molecule has 1 N–H and O–H groups in total. The summed E-state index contributed by atoms with van der Waals surface area (Å²) in [5.74, 6) is 0.253. The minimum absolute atomic E-state index is 0.0261. The molecule has 0 bridgehead atoms. The zero-order chi connectivity index (χ0) is 22.1. The average Bonchev–Trinajstić information content (AvgIpc) is 2.80. The van der Waals surface area contributed by atoms with Gasteiger partial charge in [-0.05, 0) is 42.4 Å². The first-order chi connectivity index (χ1) is 15.1. The highest BCUT2D eigenvalue weighted by atomic mass is 16.2. The van der Waals surface area contributed by atoms with Gasteiger partial charge in [-0.25, -0.2) is 0 Å². The number of nitrogens with one attached hydrogen (secondary N) is 1. The fourth-order valence-electron chi connectivity index (χ4n) is 4.19. The first-order valence-electron chi connectivity index (χ1n) is 11.5. The van der Waals surface area contributed by atoms with Gasteiger partial charge >= 0.3 is 0 Å². The van der Waals surface area contributed by atoms with Crippen LogP contribution in [0.4, 0.5) is 5.69 Å². The van der Waals surface area contributed by atoms with Crippen molar-refractivity contribution in [1.29, 1.82) is 0 Å². The number of hydrogen-bond acceptors (Lipinski definition) is 3. The van der Waals surface area contributed by atoms with Gasteiger partial charge in [0.25, 0.3) is 0 Å². The molecule has 0 unspecified atom stereocenters. The lowest BCUT2D eigenvalue weighted by Crippen LogP contribution is -2.50. The Hall–Kier alpha value is -2.66. The van der Waals surface area contributed by atoms with Gasteiger partial charge in [0.05, 0.1) is 6.54 Å². The number of rotatable bonds is 9. The Bertz CT molecular complexity index is 836. The molecule has 1 saturated heterocycles. The van der Waals surface area contributed by atoms with E-state index < -0.39 is 0 Å². The number of para-hydroxylation sites is 1. The van der Waals surface area contributed by atoms with Crippen molar-refractivity contribution >= 4 is 17.5 Å². The topological polar surface area (TPSA) is 52.7 Å². The van der Waals surface area contributed by atoms with Crippen LogP contribution in [0, 0.1) is 0 Å². The van der Waals surface area contributed by atoms with Crippen molar-refractivity contribution in [3.63, 3.8) is 0 Å². The maximum atomic E-state index is 12.7. The molecule has 0 spiro atoms. The number of nitrogens with zero attached hydrogens (tertiary/aromatic N) is 2. The van der Waals surface area contributed by atoms with Crippen LogP contribution in [0.1, 0.15) is 43.4 Å². The van der Waals surface area contributed by atoms with Gasteiger partial charge in [0, 0.05) is 38.3 Å². The van der Waals surface area contributed by atoms with Crippen molar-refractivity contribution in [2.24, 2.45) is 0 Å². The third kappa shape index (κ3) is 6.66. The second kappa shape index (κ2) is 11.7. The van der Waals surface area contributed by atoms with Crippen LogP contribution in [-0.4, -0.2) is 54.3 Å². The van der Waals surface area contributed by atoms with Crippen LogP contribution >= 0.6 is 0 Å². The summed E-state index contributed by atoms with van der Waals surface area (Å²) >= 11 is 0. The molecule has 0 aliphatic carbocycles. The number of hydrogen-bond donors (Lipinski definition) is 1. The van der Waals surface area contributed by atoms with E-state index in [1.165, 1.54) is 16.7 Å². The molecular formula is C26H35N3O2. The molecule has 5 heteroatoms. The zero-order valence-electron chi connectivity index (χ0n) is 18.9. The molecule has 31 heavy (non-hydrogen) atoms.